The Bertz CT molecular complexity index is 1130. The zero-order chi connectivity index (χ0) is 22.5. The molecule has 1 aromatic heterocycles. The fourth-order valence-corrected chi connectivity index (χ4v) is 3.73. The number of carbonyl (C=O) groups is 2. The predicted molar refractivity (Wildman–Crippen MR) is 118 cm³/mol. The second kappa shape index (κ2) is 9.51. The Kier molecular flexibility index (Phi) is 6.35. The van der Waals surface area contributed by atoms with Gasteiger partial charge in [-0.15, -0.1) is 0 Å². The topological polar surface area (TPSA) is 78.0 Å². The largest absolute Gasteiger partial charge is 0.497 e. The number of hydrogen-bond acceptors (Lipinski definition) is 6. The van der Waals surface area contributed by atoms with E-state index in [0.29, 0.717) is 43.2 Å². The highest BCUT2D eigenvalue weighted by atomic mass is 16.5. The first-order valence-electron chi connectivity index (χ1n) is 10.3. The summed E-state index contributed by atoms with van der Waals surface area (Å²) >= 11 is 0. The minimum Gasteiger partial charge on any atom is -0.497 e. The van der Waals surface area contributed by atoms with Gasteiger partial charge in [0.25, 0.3) is 5.91 Å². The molecule has 0 radical (unpaired) electrons. The van der Waals surface area contributed by atoms with E-state index >= 15 is 0 Å². The summed E-state index contributed by atoms with van der Waals surface area (Å²) < 4.78 is 16.2. The summed E-state index contributed by atoms with van der Waals surface area (Å²) in [5.74, 6) is 0.520. The number of fused-ring (bicyclic) bond motifs is 1. The highest BCUT2D eigenvalue weighted by Gasteiger charge is 2.29. The first kappa shape index (κ1) is 21.4. The Morgan fingerprint density at radius 3 is 2.66 bits per heavy atom. The van der Waals surface area contributed by atoms with Gasteiger partial charge in [0.1, 0.15) is 18.1 Å². The molecule has 0 spiro atoms. The highest BCUT2D eigenvalue weighted by Crippen LogP contribution is 2.31. The van der Waals surface area contributed by atoms with Crippen LogP contribution in [0.25, 0.3) is 0 Å². The van der Waals surface area contributed by atoms with E-state index in [1.54, 1.807) is 36.4 Å². The van der Waals surface area contributed by atoms with Crippen molar-refractivity contribution in [2.24, 2.45) is 0 Å². The number of nitrogens with zero attached hydrogens (tertiary/aromatic N) is 2. The molecule has 0 saturated carbocycles. The van der Waals surface area contributed by atoms with Crippen LogP contribution in [0.3, 0.4) is 0 Å². The molecule has 0 bridgehead atoms. The third kappa shape index (κ3) is 4.56. The Morgan fingerprint density at radius 2 is 1.91 bits per heavy atom. The van der Waals surface area contributed by atoms with Crippen molar-refractivity contribution in [3.63, 3.8) is 0 Å². The van der Waals surface area contributed by atoms with E-state index in [0.717, 1.165) is 16.8 Å². The molecule has 1 aliphatic rings. The predicted octanol–water partition coefficient (Wildman–Crippen LogP) is 3.65. The normalized spacial score (nSPS) is 12.8. The van der Waals surface area contributed by atoms with Gasteiger partial charge in [-0.05, 0) is 30.2 Å². The minimum absolute atomic E-state index is 0.175. The summed E-state index contributed by atoms with van der Waals surface area (Å²) in [6.07, 6.45) is 2.26. The van der Waals surface area contributed by atoms with Gasteiger partial charge in [0, 0.05) is 29.9 Å². The molecule has 0 N–H and O–H groups in total. The van der Waals surface area contributed by atoms with Crippen molar-refractivity contribution in [1.82, 2.24) is 9.88 Å². The number of esters is 1. The van der Waals surface area contributed by atoms with Gasteiger partial charge in [0.2, 0.25) is 0 Å². The standard InChI is InChI=1S/C25H24N2O5/c1-30-20-8-10-26-19(14-20)15-27-11-9-21-22(24(27)28)12-18(25(29)31-2)13-23(21)32-16-17-6-4-3-5-7-17/h3-8,10,12-14H,9,11,15-16H2,1-2H3. The first-order chi connectivity index (χ1) is 15.6. The molecular weight excluding hydrogens is 408 g/mol. The molecule has 0 saturated heterocycles. The van der Waals surface area contributed by atoms with Gasteiger partial charge in [-0.1, -0.05) is 30.3 Å². The van der Waals surface area contributed by atoms with E-state index < -0.39 is 5.97 Å². The van der Waals surface area contributed by atoms with Crippen LogP contribution >= 0.6 is 0 Å². The lowest BCUT2D eigenvalue weighted by Gasteiger charge is -2.30. The molecule has 0 aliphatic carbocycles. The van der Waals surface area contributed by atoms with Crippen LogP contribution in [0, 0.1) is 0 Å². The lowest BCUT2D eigenvalue weighted by atomic mass is 9.95. The van der Waals surface area contributed by atoms with E-state index in [-0.39, 0.29) is 11.5 Å². The third-order valence-corrected chi connectivity index (χ3v) is 5.39. The lowest BCUT2D eigenvalue weighted by molar-refractivity contribution is 0.0600. The van der Waals surface area contributed by atoms with Gasteiger partial charge in [-0.25, -0.2) is 4.79 Å². The van der Waals surface area contributed by atoms with Crippen molar-refractivity contribution < 1.29 is 23.8 Å². The summed E-state index contributed by atoms with van der Waals surface area (Å²) in [5.41, 5.74) is 3.26. The zero-order valence-corrected chi connectivity index (χ0v) is 18.0. The fraction of sp³-hybridized carbons (Fsp3) is 0.240. The van der Waals surface area contributed by atoms with E-state index in [1.807, 2.05) is 36.4 Å². The maximum atomic E-state index is 13.3. The fourth-order valence-electron chi connectivity index (χ4n) is 3.73. The number of amides is 1. The molecule has 32 heavy (non-hydrogen) atoms. The number of hydrogen-bond donors (Lipinski definition) is 0. The molecule has 0 atom stereocenters. The van der Waals surface area contributed by atoms with Crippen LogP contribution < -0.4 is 9.47 Å². The Hall–Kier alpha value is -3.87. The Morgan fingerprint density at radius 1 is 1.09 bits per heavy atom. The monoisotopic (exact) mass is 432 g/mol. The summed E-state index contributed by atoms with van der Waals surface area (Å²) in [7, 11) is 2.90. The summed E-state index contributed by atoms with van der Waals surface area (Å²) in [5, 5.41) is 0. The highest BCUT2D eigenvalue weighted by molar-refractivity contribution is 6.01. The molecule has 3 aromatic rings. The van der Waals surface area contributed by atoms with Gasteiger partial charge in [-0.2, -0.15) is 0 Å². The van der Waals surface area contributed by atoms with Crippen LogP contribution in [-0.4, -0.2) is 42.5 Å². The SMILES string of the molecule is COC(=O)c1cc(OCc2ccccc2)c2c(c1)C(=O)N(Cc1cc(OC)ccn1)CC2. The van der Waals surface area contributed by atoms with Gasteiger partial charge in [0.05, 0.1) is 32.0 Å². The molecule has 2 aromatic carbocycles. The lowest BCUT2D eigenvalue weighted by Crippen LogP contribution is -2.37. The average Bonchev–Trinajstić information content (AvgIpc) is 2.84. The van der Waals surface area contributed by atoms with Crippen molar-refractivity contribution in [1.29, 1.82) is 0 Å². The number of methoxy groups -OCH3 is 2. The van der Waals surface area contributed by atoms with Gasteiger partial charge in [-0.3, -0.25) is 9.78 Å². The molecule has 7 nitrogen and oxygen atoms in total. The van der Waals surface area contributed by atoms with Crippen LogP contribution in [0.5, 0.6) is 11.5 Å². The van der Waals surface area contributed by atoms with Crippen LogP contribution in [0.2, 0.25) is 0 Å². The minimum atomic E-state index is -0.517. The maximum absolute atomic E-state index is 13.3. The number of aromatic nitrogens is 1. The number of benzene rings is 2. The van der Waals surface area contributed by atoms with Crippen molar-refractivity contribution in [3.05, 3.63) is 88.7 Å². The number of pyridine rings is 1. The molecule has 4 rings (SSSR count). The second-order valence-corrected chi connectivity index (χ2v) is 7.43. The maximum Gasteiger partial charge on any atom is 0.338 e. The van der Waals surface area contributed by atoms with Crippen molar-refractivity contribution in [3.8, 4) is 11.5 Å². The molecular formula is C25H24N2O5. The Labute approximate surface area is 186 Å². The van der Waals surface area contributed by atoms with Crippen molar-refractivity contribution >= 4 is 11.9 Å². The third-order valence-electron chi connectivity index (χ3n) is 5.39. The zero-order valence-electron chi connectivity index (χ0n) is 18.0. The van der Waals surface area contributed by atoms with Crippen molar-refractivity contribution in [2.45, 2.75) is 19.6 Å². The van der Waals surface area contributed by atoms with E-state index in [9.17, 15) is 9.59 Å². The molecule has 164 valence electrons. The molecule has 1 amide bonds. The van der Waals surface area contributed by atoms with E-state index in [2.05, 4.69) is 4.98 Å². The Balaban J connectivity index is 1.63. The molecule has 0 unspecified atom stereocenters. The number of rotatable bonds is 7. The van der Waals surface area contributed by atoms with Gasteiger partial charge >= 0.3 is 5.97 Å². The summed E-state index contributed by atoms with van der Waals surface area (Å²) in [6.45, 7) is 1.20. The van der Waals surface area contributed by atoms with Crippen LogP contribution in [0.1, 0.15) is 37.5 Å². The molecule has 1 aliphatic heterocycles. The van der Waals surface area contributed by atoms with E-state index in [1.165, 1.54) is 7.11 Å². The van der Waals surface area contributed by atoms with E-state index in [4.69, 9.17) is 14.2 Å². The van der Waals surface area contributed by atoms with Gasteiger partial charge in [0.15, 0.2) is 0 Å². The molecule has 2 heterocycles. The first-order valence-corrected chi connectivity index (χ1v) is 10.3. The number of carbonyl (C=O) groups excluding carboxylic acids is 2. The number of ether oxygens (including phenoxy) is 3. The van der Waals surface area contributed by atoms with Crippen LogP contribution in [0.15, 0.2) is 60.8 Å². The summed E-state index contributed by atoms with van der Waals surface area (Å²) in [4.78, 5) is 31.6. The van der Waals surface area contributed by atoms with Crippen LogP contribution in [0.4, 0.5) is 0 Å². The molecule has 7 heteroatoms. The van der Waals surface area contributed by atoms with Crippen LogP contribution in [-0.2, 0) is 24.3 Å². The van der Waals surface area contributed by atoms with Gasteiger partial charge < -0.3 is 19.1 Å². The summed E-state index contributed by atoms with van der Waals surface area (Å²) in [6, 6.07) is 16.5. The van der Waals surface area contributed by atoms with Crippen molar-refractivity contribution in [2.75, 3.05) is 20.8 Å². The average molecular weight is 432 g/mol. The quantitative estimate of drug-likeness (QED) is 0.531. The second-order valence-electron chi connectivity index (χ2n) is 7.43. The smallest absolute Gasteiger partial charge is 0.338 e. The molecule has 0 fully saturated rings.